The molecule has 2 heterocycles. The third-order valence-electron chi connectivity index (χ3n) is 4.02. The Morgan fingerprint density at radius 3 is 2.71 bits per heavy atom. The summed E-state index contributed by atoms with van der Waals surface area (Å²) in [5.41, 5.74) is 2.68. The Bertz CT molecular complexity index is 1020. The fourth-order valence-corrected chi connectivity index (χ4v) is 2.76. The Morgan fingerprint density at radius 2 is 1.92 bits per heavy atom. The number of imidazole rings is 1. The number of rotatable bonds is 3. The average Bonchev–Trinajstić information content (AvgIpc) is 3.19. The first-order chi connectivity index (χ1) is 11.6. The lowest BCUT2D eigenvalue weighted by molar-refractivity contribution is 0.0934. The van der Waals surface area contributed by atoms with Crippen LogP contribution in [0.1, 0.15) is 29.3 Å². The van der Waals surface area contributed by atoms with Gasteiger partial charge in [0.25, 0.3) is 5.91 Å². The van der Waals surface area contributed by atoms with Crippen LogP contribution in [0.4, 0.5) is 4.39 Å². The highest BCUT2D eigenvalue weighted by molar-refractivity contribution is 5.98. The fraction of sp³-hybridized carbons (Fsp3) is 0.111. The predicted molar refractivity (Wildman–Crippen MR) is 90.2 cm³/mol. The van der Waals surface area contributed by atoms with Crippen LogP contribution in [0, 0.1) is 5.82 Å². The van der Waals surface area contributed by atoms with Gasteiger partial charge in [-0.3, -0.25) is 4.79 Å². The molecule has 1 atom stereocenters. The molecule has 1 unspecified atom stereocenters. The van der Waals surface area contributed by atoms with Gasteiger partial charge in [-0.25, -0.2) is 9.37 Å². The lowest BCUT2D eigenvalue weighted by atomic mass is 10.2. The number of benzene rings is 2. The van der Waals surface area contributed by atoms with Gasteiger partial charge in [0.2, 0.25) is 0 Å². The number of carbonyl (C=O) groups is 1. The topological polar surface area (TPSA) is 73.6 Å². The maximum absolute atomic E-state index is 13.7. The highest BCUT2D eigenvalue weighted by atomic mass is 19.1. The lowest BCUT2D eigenvalue weighted by Crippen LogP contribution is -2.27. The number of aromatic amines is 2. The molecule has 0 aliphatic carbocycles. The van der Waals surface area contributed by atoms with Crippen molar-refractivity contribution >= 4 is 27.8 Å². The monoisotopic (exact) mass is 322 g/mol. The van der Waals surface area contributed by atoms with Crippen LogP contribution in [-0.4, -0.2) is 20.9 Å². The molecule has 0 aliphatic heterocycles. The first kappa shape index (κ1) is 14.4. The number of nitrogens with zero attached hydrogens (tertiary/aromatic N) is 1. The van der Waals surface area contributed by atoms with Crippen molar-refractivity contribution in [1.29, 1.82) is 0 Å². The van der Waals surface area contributed by atoms with Crippen molar-refractivity contribution < 1.29 is 9.18 Å². The molecule has 0 spiro atoms. The number of carbonyl (C=O) groups excluding carboxylic acids is 1. The maximum atomic E-state index is 13.7. The van der Waals surface area contributed by atoms with Gasteiger partial charge in [-0.15, -0.1) is 0 Å². The largest absolute Gasteiger partial charge is 0.350 e. The van der Waals surface area contributed by atoms with Crippen LogP contribution in [-0.2, 0) is 0 Å². The normalized spacial score (nSPS) is 12.6. The molecule has 24 heavy (non-hydrogen) atoms. The predicted octanol–water partition coefficient (Wildman–Crippen LogP) is 3.67. The molecular weight excluding hydrogens is 307 g/mol. The highest BCUT2D eigenvalue weighted by Gasteiger charge is 2.17. The molecular formula is C18H15FN4O. The van der Waals surface area contributed by atoms with E-state index in [4.69, 9.17) is 0 Å². The first-order valence-electron chi connectivity index (χ1n) is 7.64. The van der Waals surface area contributed by atoms with Crippen molar-refractivity contribution in [3.8, 4) is 0 Å². The van der Waals surface area contributed by atoms with E-state index < -0.39 is 0 Å². The minimum atomic E-state index is -0.354. The van der Waals surface area contributed by atoms with Crippen molar-refractivity contribution in [2.75, 3.05) is 0 Å². The Kier molecular flexibility index (Phi) is 3.30. The fourth-order valence-electron chi connectivity index (χ4n) is 2.76. The number of nitrogens with one attached hydrogen (secondary N) is 3. The number of hydrogen-bond donors (Lipinski definition) is 3. The van der Waals surface area contributed by atoms with E-state index in [0.29, 0.717) is 22.4 Å². The van der Waals surface area contributed by atoms with Crippen molar-refractivity contribution in [1.82, 2.24) is 20.3 Å². The van der Waals surface area contributed by atoms with Gasteiger partial charge in [-0.1, -0.05) is 18.2 Å². The van der Waals surface area contributed by atoms with E-state index in [-0.39, 0.29) is 17.8 Å². The molecule has 2 aromatic carbocycles. The zero-order chi connectivity index (χ0) is 16.7. The van der Waals surface area contributed by atoms with E-state index in [1.807, 2.05) is 31.2 Å². The summed E-state index contributed by atoms with van der Waals surface area (Å²) in [5.74, 6) is 0.0125. The SMILES string of the molecule is CC(NC(=O)c1cc2c(F)cccc2[nH]1)c1nc2ccccc2[nH]1. The molecule has 0 fully saturated rings. The van der Waals surface area contributed by atoms with E-state index in [0.717, 1.165) is 11.0 Å². The van der Waals surface area contributed by atoms with Crippen molar-refractivity contribution in [3.63, 3.8) is 0 Å². The molecule has 0 radical (unpaired) electrons. The van der Waals surface area contributed by atoms with E-state index in [1.165, 1.54) is 12.1 Å². The molecule has 2 aromatic heterocycles. The first-order valence-corrected chi connectivity index (χ1v) is 7.64. The van der Waals surface area contributed by atoms with Gasteiger partial charge < -0.3 is 15.3 Å². The summed E-state index contributed by atoms with van der Waals surface area (Å²) in [6.45, 7) is 1.85. The Hall–Kier alpha value is -3.15. The second kappa shape index (κ2) is 5.49. The molecule has 1 amide bonds. The third kappa shape index (κ3) is 2.42. The average molecular weight is 322 g/mol. The highest BCUT2D eigenvalue weighted by Crippen LogP contribution is 2.20. The second-order valence-corrected chi connectivity index (χ2v) is 5.72. The Balaban J connectivity index is 1.58. The number of aromatic nitrogens is 3. The summed E-state index contributed by atoms with van der Waals surface area (Å²) >= 11 is 0. The number of fused-ring (bicyclic) bond motifs is 2. The van der Waals surface area contributed by atoms with Crippen molar-refractivity contribution in [2.45, 2.75) is 13.0 Å². The second-order valence-electron chi connectivity index (χ2n) is 5.72. The standard InChI is InChI=1S/C18H15FN4O/c1-10(17-22-14-6-2-3-7-15(14)23-17)20-18(24)16-9-11-12(19)5-4-8-13(11)21-16/h2-10,21H,1H3,(H,20,24)(H,22,23). The van der Waals surface area contributed by atoms with E-state index >= 15 is 0 Å². The molecule has 0 saturated heterocycles. The minimum absolute atomic E-state index is 0.304. The molecule has 5 nitrogen and oxygen atoms in total. The van der Waals surface area contributed by atoms with Crippen LogP contribution < -0.4 is 5.32 Å². The van der Waals surface area contributed by atoms with E-state index in [9.17, 15) is 9.18 Å². The quantitative estimate of drug-likeness (QED) is 0.538. The van der Waals surface area contributed by atoms with Crippen LogP contribution in [0.15, 0.2) is 48.5 Å². The van der Waals surface area contributed by atoms with Gasteiger partial charge in [-0.05, 0) is 37.3 Å². The van der Waals surface area contributed by atoms with Gasteiger partial charge in [0.05, 0.1) is 17.1 Å². The number of para-hydroxylation sites is 2. The minimum Gasteiger partial charge on any atom is -0.350 e. The van der Waals surface area contributed by atoms with Crippen LogP contribution >= 0.6 is 0 Å². The number of hydrogen-bond acceptors (Lipinski definition) is 2. The summed E-state index contributed by atoms with van der Waals surface area (Å²) in [5, 5.41) is 3.27. The van der Waals surface area contributed by atoms with Crippen LogP contribution in [0.25, 0.3) is 21.9 Å². The molecule has 0 bridgehead atoms. The number of amides is 1. The van der Waals surface area contributed by atoms with Gasteiger partial charge in [0.1, 0.15) is 17.3 Å². The summed E-state index contributed by atoms with van der Waals surface area (Å²) < 4.78 is 13.7. The van der Waals surface area contributed by atoms with E-state index in [1.54, 1.807) is 12.1 Å². The Morgan fingerprint density at radius 1 is 1.12 bits per heavy atom. The maximum Gasteiger partial charge on any atom is 0.268 e. The molecule has 0 saturated carbocycles. The van der Waals surface area contributed by atoms with Gasteiger partial charge in [0, 0.05) is 10.9 Å². The van der Waals surface area contributed by atoms with Crippen molar-refractivity contribution in [3.05, 3.63) is 65.9 Å². The van der Waals surface area contributed by atoms with Gasteiger partial charge in [0.15, 0.2) is 0 Å². The summed E-state index contributed by atoms with van der Waals surface area (Å²) in [7, 11) is 0. The number of H-pyrrole nitrogens is 2. The molecule has 3 N–H and O–H groups in total. The molecule has 6 heteroatoms. The van der Waals surface area contributed by atoms with Gasteiger partial charge in [-0.2, -0.15) is 0 Å². The third-order valence-corrected chi connectivity index (χ3v) is 4.02. The molecule has 4 rings (SSSR count). The number of halogens is 1. The van der Waals surface area contributed by atoms with E-state index in [2.05, 4.69) is 20.3 Å². The zero-order valence-electron chi connectivity index (χ0n) is 12.9. The van der Waals surface area contributed by atoms with Crippen LogP contribution in [0.5, 0.6) is 0 Å². The van der Waals surface area contributed by atoms with Crippen LogP contribution in [0.2, 0.25) is 0 Å². The zero-order valence-corrected chi connectivity index (χ0v) is 12.9. The van der Waals surface area contributed by atoms with Crippen LogP contribution in [0.3, 0.4) is 0 Å². The molecule has 120 valence electrons. The molecule has 4 aromatic rings. The molecule has 0 aliphatic rings. The lowest BCUT2D eigenvalue weighted by Gasteiger charge is -2.10. The summed E-state index contributed by atoms with van der Waals surface area (Å²) in [4.78, 5) is 23.0. The van der Waals surface area contributed by atoms with Crippen molar-refractivity contribution in [2.24, 2.45) is 0 Å². The summed E-state index contributed by atoms with van der Waals surface area (Å²) in [6.07, 6.45) is 0. The Labute approximate surface area is 136 Å². The van der Waals surface area contributed by atoms with Gasteiger partial charge >= 0.3 is 0 Å². The smallest absolute Gasteiger partial charge is 0.268 e. The summed E-state index contributed by atoms with van der Waals surface area (Å²) in [6, 6.07) is 13.6.